The second-order valence-corrected chi connectivity index (χ2v) is 0. The standard InChI is InChI=1S/B.Ca.Fe.K.Mg.Zn.5H/q;+2;;+1;+2;;5*-1. The van der Waals surface area contributed by atoms with Gasteiger partial charge in [-0.05, 0) is 0 Å². The second-order valence-electron chi connectivity index (χ2n) is 0. The van der Waals surface area contributed by atoms with Gasteiger partial charge in [0.2, 0.25) is 0 Å². The molecule has 23 valence electrons. The zero-order chi connectivity index (χ0) is 0. The van der Waals surface area contributed by atoms with Crippen LogP contribution in [-0.2, 0) is 36.5 Å². The summed E-state index contributed by atoms with van der Waals surface area (Å²) >= 11 is 0. The van der Waals surface area contributed by atoms with Gasteiger partial charge in [0.25, 0.3) is 0 Å². The van der Waals surface area contributed by atoms with Crippen LogP contribution in [0.5, 0.6) is 0 Å². The number of hydrogen-bond acceptors (Lipinski definition) is 0. The Labute approximate surface area is 160 Å². The van der Waals surface area contributed by atoms with E-state index in [-0.39, 0.29) is 164 Å². The fourth-order valence-electron chi connectivity index (χ4n) is 0. The average Bonchev–Trinajstić information content (AvgIpc) is 0. The minimum atomic E-state index is 0. The van der Waals surface area contributed by atoms with Crippen molar-refractivity contribution in [1.29, 1.82) is 0 Å². The first-order chi connectivity index (χ1) is 0. The minimum absolute atomic E-state index is 0. The molecule has 0 aliphatic heterocycles. The van der Waals surface area contributed by atoms with Crippen LogP contribution in [0.2, 0.25) is 0 Å². The third kappa shape index (κ3) is 23.2. The van der Waals surface area contributed by atoms with Crippen molar-refractivity contribution in [1.82, 2.24) is 0 Å². The molecular weight excluding hydrogens is 236 g/mol. The van der Waals surface area contributed by atoms with Crippen LogP contribution >= 0.6 is 0 Å². The molecule has 0 aromatic heterocycles. The van der Waals surface area contributed by atoms with Crippen LogP contribution in [-0.4, -0.2) is 69.2 Å². The van der Waals surface area contributed by atoms with Crippen LogP contribution < -0.4 is 51.4 Å². The third-order valence-electron chi connectivity index (χ3n) is 0. The van der Waals surface area contributed by atoms with Crippen molar-refractivity contribution >= 4 is 69.2 Å². The Morgan fingerprint density at radius 3 is 1.17 bits per heavy atom. The van der Waals surface area contributed by atoms with Gasteiger partial charge in [-0.3, -0.25) is 0 Å². The Balaban J connectivity index is 0. The molecule has 0 aromatic carbocycles. The molecule has 0 fully saturated rings. The van der Waals surface area contributed by atoms with E-state index in [0.29, 0.717) is 0 Å². The molecular formula is H5BCaFeKMgZn. The maximum Gasteiger partial charge on any atom is 2.00 e. The first-order valence-corrected chi connectivity index (χ1v) is 0. The van der Waals surface area contributed by atoms with Crippen LogP contribution in [0.25, 0.3) is 0 Å². The molecule has 3 radical (unpaired) electrons. The van der Waals surface area contributed by atoms with Gasteiger partial charge in [0.1, 0.15) is 0 Å². The van der Waals surface area contributed by atoms with Gasteiger partial charge in [0.05, 0.1) is 0 Å². The zero-order valence-electron chi connectivity index (χ0n) is 9.05. The molecule has 0 heterocycles. The van der Waals surface area contributed by atoms with Crippen LogP contribution in [0.15, 0.2) is 0 Å². The Bertz CT molecular complexity index is 26.4. The smallest absolute Gasteiger partial charge is 1.00 e. The Kier molecular flexibility index (Phi) is 244. The van der Waals surface area contributed by atoms with Crippen molar-refractivity contribution in [3.8, 4) is 0 Å². The van der Waals surface area contributed by atoms with Crippen molar-refractivity contribution in [2.45, 2.75) is 0 Å². The van der Waals surface area contributed by atoms with Crippen LogP contribution in [0, 0.1) is 0 Å². The molecule has 6 heavy (non-hydrogen) atoms. The summed E-state index contributed by atoms with van der Waals surface area (Å²) in [7, 11) is 0. The molecule has 0 bridgehead atoms. The van der Waals surface area contributed by atoms with Crippen molar-refractivity contribution in [2.24, 2.45) is 0 Å². The monoisotopic (exact) mass is 239 g/mol. The topological polar surface area (TPSA) is 0 Å². The summed E-state index contributed by atoms with van der Waals surface area (Å²) in [4.78, 5) is 0. The maximum atomic E-state index is 0. The number of hydrogen-bond donors (Lipinski definition) is 0. The molecule has 0 saturated heterocycles. The van der Waals surface area contributed by atoms with Crippen LogP contribution in [0.4, 0.5) is 0 Å². The van der Waals surface area contributed by atoms with Gasteiger partial charge >= 0.3 is 112 Å². The van der Waals surface area contributed by atoms with Gasteiger partial charge in [-0.2, -0.15) is 0 Å². The van der Waals surface area contributed by atoms with Crippen molar-refractivity contribution in [3.63, 3.8) is 0 Å². The predicted molar refractivity (Wildman–Crippen MR) is 22.8 cm³/mol. The molecule has 0 unspecified atom stereocenters. The summed E-state index contributed by atoms with van der Waals surface area (Å²) in [5, 5.41) is 0. The summed E-state index contributed by atoms with van der Waals surface area (Å²) in [5.74, 6) is 0. The molecule has 0 aliphatic carbocycles. The SMILES string of the molecule is [B].[Ca+2].[Fe].[H-].[H-].[H-].[H-].[H-].[K+].[Mg+2].[Zn]. The van der Waals surface area contributed by atoms with Crippen molar-refractivity contribution < 1.29 is 95.1 Å². The molecule has 0 aliphatic rings. The van der Waals surface area contributed by atoms with E-state index in [9.17, 15) is 0 Å². The van der Waals surface area contributed by atoms with E-state index >= 15 is 0 Å². The molecule has 0 amide bonds. The average molecular weight is 241 g/mol. The van der Waals surface area contributed by atoms with Crippen LogP contribution in [0.3, 0.4) is 0 Å². The van der Waals surface area contributed by atoms with E-state index < -0.39 is 0 Å². The first kappa shape index (κ1) is 44.6. The Morgan fingerprint density at radius 1 is 1.17 bits per heavy atom. The molecule has 0 saturated carbocycles. The fourth-order valence-corrected chi connectivity index (χ4v) is 0. The Morgan fingerprint density at radius 2 is 1.17 bits per heavy atom. The summed E-state index contributed by atoms with van der Waals surface area (Å²) in [6.45, 7) is 0. The van der Waals surface area contributed by atoms with E-state index in [1.807, 2.05) is 0 Å². The number of rotatable bonds is 0. The molecule has 6 heteroatoms. The third-order valence-corrected chi connectivity index (χ3v) is 0. The Hall–Kier alpha value is 4.87. The molecule has 0 N–H and O–H groups in total. The van der Waals surface area contributed by atoms with E-state index in [4.69, 9.17) is 0 Å². The van der Waals surface area contributed by atoms with Crippen LogP contribution in [0.1, 0.15) is 7.13 Å². The van der Waals surface area contributed by atoms with E-state index in [2.05, 4.69) is 0 Å². The summed E-state index contributed by atoms with van der Waals surface area (Å²) in [5.41, 5.74) is 0. The molecule has 0 rings (SSSR count). The summed E-state index contributed by atoms with van der Waals surface area (Å²) < 4.78 is 0. The van der Waals surface area contributed by atoms with Gasteiger partial charge in [0, 0.05) is 45.0 Å². The normalized spacial score (nSPS) is 0. The van der Waals surface area contributed by atoms with Crippen molar-refractivity contribution in [2.75, 3.05) is 0 Å². The maximum absolute atomic E-state index is 0. The summed E-state index contributed by atoms with van der Waals surface area (Å²) in [6.07, 6.45) is 0. The largest absolute Gasteiger partial charge is 2.00 e. The fraction of sp³-hybridized carbons (Fsp3) is 0. The van der Waals surface area contributed by atoms with E-state index in [1.165, 1.54) is 0 Å². The first-order valence-electron chi connectivity index (χ1n) is 0. The van der Waals surface area contributed by atoms with E-state index in [0.717, 1.165) is 0 Å². The van der Waals surface area contributed by atoms with Crippen molar-refractivity contribution in [3.05, 3.63) is 0 Å². The summed E-state index contributed by atoms with van der Waals surface area (Å²) in [6, 6.07) is 0. The van der Waals surface area contributed by atoms with Gasteiger partial charge in [-0.15, -0.1) is 0 Å². The molecule has 0 aromatic rings. The minimum Gasteiger partial charge on any atom is -1.00 e. The van der Waals surface area contributed by atoms with E-state index in [1.54, 1.807) is 0 Å². The van der Waals surface area contributed by atoms with Gasteiger partial charge in [-0.25, -0.2) is 0 Å². The molecule has 0 atom stereocenters. The van der Waals surface area contributed by atoms with Gasteiger partial charge in [0.15, 0.2) is 0 Å². The predicted octanol–water partition coefficient (Wildman–Crippen LogP) is -3.58. The molecule has 0 nitrogen and oxygen atoms in total. The second kappa shape index (κ2) is 32.7. The van der Waals surface area contributed by atoms with Gasteiger partial charge in [-0.1, -0.05) is 0 Å². The van der Waals surface area contributed by atoms with Gasteiger partial charge < -0.3 is 7.13 Å². The quantitative estimate of drug-likeness (QED) is 0.384. The molecule has 0 spiro atoms. The zero-order valence-corrected chi connectivity index (χ0v) is 14.9.